The van der Waals surface area contributed by atoms with E-state index in [1.165, 1.54) is 7.11 Å². The molecular formula is C13H17N3O5. The maximum absolute atomic E-state index is 12.0. The van der Waals surface area contributed by atoms with Gasteiger partial charge in [-0.25, -0.2) is 14.6 Å². The van der Waals surface area contributed by atoms with Gasteiger partial charge in [-0.3, -0.25) is 0 Å². The Bertz CT molecular complexity index is 519. The largest absolute Gasteiger partial charge is 0.481 e. The molecule has 0 radical (unpaired) electrons. The highest BCUT2D eigenvalue weighted by atomic mass is 16.5. The normalized spacial score (nSPS) is 21.1. The first-order valence-electron chi connectivity index (χ1n) is 6.45. The monoisotopic (exact) mass is 295 g/mol. The van der Waals surface area contributed by atoms with Crippen LogP contribution >= 0.6 is 0 Å². The second-order valence-corrected chi connectivity index (χ2v) is 4.76. The topological polar surface area (TPSA) is 112 Å². The molecule has 0 saturated carbocycles. The van der Waals surface area contributed by atoms with Crippen molar-refractivity contribution in [1.82, 2.24) is 15.2 Å². The minimum atomic E-state index is -1.12. The number of nitrogens with one attached hydrogen (secondary N) is 1. The van der Waals surface area contributed by atoms with Crippen LogP contribution in [0.1, 0.15) is 12.0 Å². The predicted molar refractivity (Wildman–Crippen MR) is 71.8 cm³/mol. The van der Waals surface area contributed by atoms with E-state index in [1.807, 2.05) is 0 Å². The van der Waals surface area contributed by atoms with E-state index in [9.17, 15) is 14.7 Å². The predicted octanol–water partition coefficient (Wildman–Crippen LogP) is -0.180. The van der Waals surface area contributed by atoms with Crippen LogP contribution in [-0.4, -0.2) is 57.9 Å². The van der Waals surface area contributed by atoms with E-state index in [1.54, 1.807) is 18.3 Å². The van der Waals surface area contributed by atoms with Crippen LogP contribution in [0, 0.1) is 0 Å². The molecule has 1 fully saturated rings. The van der Waals surface area contributed by atoms with Crippen molar-refractivity contribution in [2.75, 3.05) is 13.7 Å². The average Bonchev–Trinajstić information content (AvgIpc) is 2.87. The molecule has 1 aromatic rings. The molecule has 0 spiro atoms. The van der Waals surface area contributed by atoms with Crippen molar-refractivity contribution in [2.24, 2.45) is 0 Å². The molecule has 2 atom stereocenters. The maximum Gasteiger partial charge on any atom is 0.326 e. The number of ether oxygens (including phenoxy) is 1. The number of carboxylic acids is 1. The lowest BCUT2D eigenvalue weighted by Crippen LogP contribution is -2.45. The summed E-state index contributed by atoms with van der Waals surface area (Å²) in [6.45, 7) is 0.235. The Morgan fingerprint density at radius 2 is 2.29 bits per heavy atom. The molecule has 0 aliphatic carbocycles. The Morgan fingerprint density at radius 3 is 2.86 bits per heavy atom. The summed E-state index contributed by atoms with van der Waals surface area (Å²) < 4.78 is 4.93. The number of pyridine rings is 1. The third-order valence-corrected chi connectivity index (χ3v) is 3.28. The van der Waals surface area contributed by atoms with Gasteiger partial charge in [-0.2, -0.15) is 0 Å². The molecule has 0 aromatic carbocycles. The lowest BCUT2D eigenvalue weighted by molar-refractivity contribution is -0.141. The number of likely N-dealkylation sites (tertiary alicyclic amines) is 1. The summed E-state index contributed by atoms with van der Waals surface area (Å²) >= 11 is 0. The van der Waals surface area contributed by atoms with Crippen molar-refractivity contribution in [1.29, 1.82) is 0 Å². The molecule has 8 nitrogen and oxygen atoms in total. The molecule has 1 aromatic heterocycles. The van der Waals surface area contributed by atoms with Gasteiger partial charge >= 0.3 is 12.0 Å². The zero-order valence-electron chi connectivity index (χ0n) is 11.5. The van der Waals surface area contributed by atoms with Crippen LogP contribution in [0.2, 0.25) is 0 Å². The van der Waals surface area contributed by atoms with Crippen LogP contribution in [0.4, 0.5) is 4.79 Å². The number of aromatic nitrogens is 1. The van der Waals surface area contributed by atoms with E-state index in [4.69, 9.17) is 9.84 Å². The van der Waals surface area contributed by atoms with Gasteiger partial charge in [-0.15, -0.1) is 0 Å². The third kappa shape index (κ3) is 3.60. The number of aliphatic carboxylic acids is 1. The highest BCUT2D eigenvalue weighted by Crippen LogP contribution is 2.18. The van der Waals surface area contributed by atoms with Crippen molar-refractivity contribution in [3.05, 3.63) is 23.9 Å². The van der Waals surface area contributed by atoms with Gasteiger partial charge in [0.2, 0.25) is 5.88 Å². The van der Waals surface area contributed by atoms with Crippen molar-refractivity contribution < 1.29 is 24.5 Å². The van der Waals surface area contributed by atoms with Gasteiger partial charge in [0.05, 0.1) is 13.2 Å². The van der Waals surface area contributed by atoms with Crippen LogP contribution in [0.25, 0.3) is 0 Å². The molecule has 2 amide bonds. The molecule has 2 rings (SSSR count). The molecule has 1 aliphatic rings. The second-order valence-electron chi connectivity index (χ2n) is 4.76. The van der Waals surface area contributed by atoms with E-state index in [-0.39, 0.29) is 19.5 Å². The first-order chi connectivity index (χ1) is 10.0. The number of amides is 2. The molecule has 0 unspecified atom stereocenters. The van der Waals surface area contributed by atoms with E-state index >= 15 is 0 Å². The first kappa shape index (κ1) is 15.0. The summed E-state index contributed by atoms with van der Waals surface area (Å²) in [4.78, 5) is 28.2. The number of urea groups is 1. The lowest BCUT2D eigenvalue weighted by Gasteiger charge is -2.21. The van der Waals surface area contributed by atoms with E-state index in [0.29, 0.717) is 5.88 Å². The zero-order chi connectivity index (χ0) is 15.4. The third-order valence-electron chi connectivity index (χ3n) is 3.28. The zero-order valence-corrected chi connectivity index (χ0v) is 11.5. The highest BCUT2D eigenvalue weighted by molar-refractivity contribution is 5.83. The van der Waals surface area contributed by atoms with E-state index in [2.05, 4.69) is 10.3 Å². The summed E-state index contributed by atoms with van der Waals surface area (Å²) in [5.74, 6) is -0.647. The molecule has 3 N–H and O–H groups in total. The standard InChI is InChI=1S/C13H17N3O5/c1-21-11-3-2-8(5-14-11)6-15-13(20)16-7-9(17)4-10(16)12(18)19/h2-3,5,9-10,17H,4,6-7H2,1H3,(H,15,20)(H,18,19)/t9-,10-/m1/s1. The molecule has 1 saturated heterocycles. The molecule has 21 heavy (non-hydrogen) atoms. The Labute approximate surface area is 121 Å². The van der Waals surface area contributed by atoms with Crippen LogP contribution in [0.3, 0.4) is 0 Å². The SMILES string of the molecule is COc1ccc(CNC(=O)N2C[C@H](O)C[C@@H]2C(=O)O)cn1. The fraction of sp³-hybridized carbons (Fsp3) is 0.462. The number of carbonyl (C=O) groups excluding carboxylic acids is 1. The minimum absolute atomic E-state index is 0.0175. The van der Waals surface area contributed by atoms with Crippen LogP contribution in [0.15, 0.2) is 18.3 Å². The number of aliphatic hydroxyl groups excluding tert-OH is 1. The minimum Gasteiger partial charge on any atom is -0.481 e. The van der Waals surface area contributed by atoms with Gasteiger partial charge in [0.15, 0.2) is 0 Å². The molecule has 1 aliphatic heterocycles. The summed E-state index contributed by atoms with van der Waals surface area (Å²) in [5.41, 5.74) is 0.760. The number of carbonyl (C=O) groups is 2. The lowest BCUT2D eigenvalue weighted by atomic mass is 10.2. The number of hydrogen-bond acceptors (Lipinski definition) is 5. The van der Waals surface area contributed by atoms with E-state index < -0.39 is 24.1 Å². The van der Waals surface area contributed by atoms with Gasteiger partial charge in [0.1, 0.15) is 6.04 Å². The first-order valence-corrected chi connectivity index (χ1v) is 6.45. The van der Waals surface area contributed by atoms with Gasteiger partial charge in [0.25, 0.3) is 0 Å². The average molecular weight is 295 g/mol. The molecule has 2 heterocycles. The maximum atomic E-state index is 12.0. The van der Waals surface area contributed by atoms with Gasteiger partial charge in [-0.1, -0.05) is 6.07 Å². The number of rotatable bonds is 4. The summed E-state index contributed by atoms with van der Waals surface area (Å²) in [5, 5.41) is 21.2. The Hall–Kier alpha value is -2.35. The van der Waals surface area contributed by atoms with Gasteiger partial charge in [-0.05, 0) is 5.56 Å². The Morgan fingerprint density at radius 1 is 1.52 bits per heavy atom. The quantitative estimate of drug-likeness (QED) is 0.710. The number of β-amino-alcohol motifs (C(OH)–C–C–N with tert-alkyl or cyclic N) is 1. The van der Waals surface area contributed by atoms with Gasteiger partial charge < -0.3 is 25.2 Å². The van der Waals surface area contributed by atoms with Crippen molar-refractivity contribution >= 4 is 12.0 Å². The number of carboxylic acid groups (broad SMARTS) is 1. The van der Waals surface area contributed by atoms with Crippen molar-refractivity contribution in [3.8, 4) is 5.88 Å². The van der Waals surface area contributed by atoms with E-state index in [0.717, 1.165) is 10.5 Å². The molecule has 0 bridgehead atoms. The summed E-state index contributed by atoms with van der Waals surface area (Å²) in [6.07, 6.45) is 0.805. The summed E-state index contributed by atoms with van der Waals surface area (Å²) in [6, 6.07) is 1.91. The molecular weight excluding hydrogens is 278 g/mol. The number of methoxy groups -OCH3 is 1. The second kappa shape index (κ2) is 6.40. The van der Waals surface area contributed by atoms with Crippen molar-refractivity contribution in [2.45, 2.75) is 25.1 Å². The Kier molecular flexibility index (Phi) is 4.59. The molecule has 8 heteroatoms. The fourth-order valence-corrected chi connectivity index (χ4v) is 2.19. The summed E-state index contributed by atoms with van der Waals surface area (Å²) in [7, 11) is 1.51. The van der Waals surface area contributed by atoms with Crippen LogP contribution in [-0.2, 0) is 11.3 Å². The van der Waals surface area contributed by atoms with Crippen molar-refractivity contribution in [3.63, 3.8) is 0 Å². The smallest absolute Gasteiger partial charge is 0.326 e. The number of nitrogens with zero attached hydrogens (tertiary/aromatic N) is 2. The molecule has 114 valence electrons. The number of hydrogen-bond donors (Lipinski definition) is 3. The number of aliphatic hydroxyl groups is 1. The van der Waals surface area contributed by atoms with Gasteiger partial charge in [0, 0.05) is 31.8 Å². The fourth-order valence-electron chi connectivity index (χ4n) is 2.19. The van der Waals surface area contributed by atoms with Crippen LogP contribution < -0.4 is 10.1 Å². The highest BCUT2D eigenvalue weighted by Gasteiger charge is 2.38. The Balaban J connectivity index is 1.92. The van der Waals surface area contributed by atoms with Crippen LogP contribution in [0.5, 0.6) is 5.88 Å².